The van der Waals surface area contributed by atoms with Gasteiger partial charge >= 0.3 is 17.9 Å². The Morgan fingerprint density at radius 3 is 0.760 bits per heavy atom. The second-order valence-corrected chi connectivity index (χ2v) is 22.4. The largest absolute Gasteiger partial charge is 0.462 e. The van der Waals surface area contributed by atoms with Crippen LogP contribution in [-0.2, 0) is 28.6 Å². The van der Waals surface area contributed by atoms with Gasteiger partial charge in [0.15, 0.2) is 6.10 Å². The summed E-state index contributed by atoms with van der Waals surface area (Å²) in [7, 11) is 0. The first-order valence-corrected chi connectivity index (χ1v) is 33.1. The van der Waals surface area contributed by atoms with Crippen LogP contribution in [0.2, 0.25) is 0 Å². The van der Waals surface area contributed by atoms with Gasteiger partial charge in [0.2, 0.25) is 0 Å². The number of carbonyl (C=O) groups is 3. The summed E-state index contributed by atoms with van der Waals surface area (Å²) < 4.78 is 16.9. The van der Waals surface area contributed by atoms with E-state index in [4.69, 9.17) is 14.2 Å². The van der Waals surface area contributed by atoms with Gasteiger partial charge in [-0.25, -0.2) is 0 Å². The Hall–Kier alpha value is -2.63. The highest BCUT2D eigenvalue weighted by Gasteiger charge is 2.19. The van der Waals surface area contributed by atoms with Crippen LogP contribution in [0, 0.1) is 0 Å². The summed E-state index contributed by atoms with van der Waals surface area (Å²) in [5.74, 6) is -0.864. The second-order valence-electron chi connectivity index (χ2n) is 22.4. The molecule has 0 aliphatic heterocycles. The molecule has 1 unspecified atom stereocenters. The van der Waals surface area contributed by atoms with Crippen molar-refractivity contribution in [3.05, 3.63) is 48.6 Å². The first-order chi connectivity index (χ1) is 37.0. The minimum absolute atomic E-state index is 0.0716. The summed E-state index contributed by atoms with van der Waals surface area (Å²) in [6.45, 7) is 6.64. The van der Waals surface area contributed by atoms with Crippen LogP contribution >= 0.6 is 0 Å². The van der Waals surface area contributed by atoms with E-state index in [1.165, 1.54) is 238 Å². The molecule has 0 aromatic rings. The lowest BCUT2D eigenvalue weighted by Gasteiger charge is -2.18. The normalized spacial score (nSPS) is 12.3. The third kappa shape index (κ3) is 62.1. The van der Waals surface area contributed by atoms with Crippen LogP contribution < -0.4 is 0 Å². The summed E-state index contributed by atoms with van der Waals surface area (Å²) in [6, 6.07) is 0. The van der Waals surface area contributed by atoms with Gasteiger partial charge < -0.3 is 14.2 Å². The fourth-order valence-corrected chi connectivity index (χ4v) is 9.80. The molecule has 438 valence electrons. The lowest BCUT2D eigenvalue weighted by atomic mass is 10.0. The van der Waals surface area contributed by atoms with Gasteiger partial charge in [0.25, 0.3) is 0 Å². The number of esters is 3. The topological polar surface area (TPSA) is 78.9 Å². The maximum Gasteiger partial charge on any atom is 0.306 e. The van der Waals surface area contributed by atoms with Crippen LogP contribution in [0.25, 0.3) is 0 Å². The van der Waals surface area contributed by atoms with E-state index < -0.39 is 6.10 Å². The summed E-state index contributed by atoms with van der Waals surface area (Å²) in [4.78, 5) is 38.1. The average molecular weight is 1050 g/mol. The minimum Gasteiger partial charge on any atom is -0.462 e. The molecule has 0 radical (unpaired) electrons. The summed E-state index contributed by atoms with van der Waals surface area (Å²) in [5.41, 5.74) is 0. The molecule has 0 rings (SSSR count). The highest BCUT2D eigenvalue weighted by molar-refractivity contribution is 5.71. The zero-order chi connectivity index (χ0) is 54.3. The van der Waals surface area contributed by atoms with Crippen LogP contribution in [0.1, 0.15) is 355 Å². The molecule has 0 saturated carbocycles. The number of hydrogen-bond acceptors (Lipinski definition) is 6. The van der Waals surface area contributed by atoms with Crippen LogP contribution in [0.5, 0.6) is 0 Å². The van der Waals surface area contributed by atoms with Crippen molar-refractivity contribution in [1.29, 1.82) is 0 Å². The highest BCUT2D eigenvalue weighted by Crippen LogP contribution is 2.17. The van der Waals surface area contributed by atoms with E-state index in [9.17, 15) is 14.4 Å². The maximum atomic E-state index is 12.8. The maximum absolute atomic E-state index is 12.8. The molecule has 6 heteroatoms. The van der Waals surface area contributed by atoms with E-state index in [-0.39, 0.29) is 31.1 Å². The van der Waals surface area contributed by atoms with Crippen molar-refractivity contribution in [1.82, 2.24) is 0 Å². The van der Waals surface area contributed by atoms with E-state index in [1.54, 1.807) is 0 Å². The predicted molar refractivity (Wildman–Crippen MR) is 325 cm³/mol. The number of hydrogen-bond donors (Lipinski definition) is 0. The predicted octanol–water partition coefficient (Wildman–Crippen LogP) is 22.6. The standard InChI is InChI=1S/C69H126O6/c1-4-7-10-13-16-19-21-23-25-26-27-28-29-30-31-32-33-34-35-36-37-38-39-40-41-42-44-45-47-50-53-56-59-62-68(71)74-65-66(64-73-67(70)61-58-55-52-49-18-15-12-9-6-3)75-69(72)63-60-57-54-51-48-46-43-24-22-20-17-14-11-8-5-2/h21,23-24,26-27,29-30,43,66H,4-20,22,25,28,31-42,44-65H2,1-3H3/b23-21-,27-26-,30-29-,43-24-. The molecule has 0 heterocycles. The molecule has 75 heavy (non-hydrogen) atoms. The van der Waals surface area contributed by atoms with Crippen LogP contribution in [-0.4, -0.2) is 37.2 Å². The van der Waals surface area contributed by atoms with Gasteiger partial charge in [-0.3, -0.25) is 14.4 Å². The quantitative estimate of drug-likeness (QED) is 0.0261. The summed E-state index contributed by atoms with van der Waals surface area (Å²) >= 11 is 0. The fourth-order valence-electron chi connectivity index (χ4n) is 9.80. The molecule has 0 aliphatic rings. The van der Waals surface area contributed by atoms with E-state index in [2.05, 4.69) is 69.4 Å². The fraction of sp³-hybridized carbons (Fsp3) is 0.841. The van der Waals surface area contributed by atoms with Gasteiger partial charge in [-0.05, 0) is 83.5 Å². The van der Waals surface area contributed by atoms with Crippen molar-refractivity contribution in [3.8, 4) is 0 Å². The average Bonchev–Trinajstić information content (AvgIpc) is 3.41. The molecule has 0 aromatic carbocycles. The third-order valence-electron chi connectivity index (χ3n) is 14.8. The molecule has 0 aliphatic carbocycles. The monoisotopic (exact) mass is 1050 g/mol. The van der Waals surface area contributed by atoms with E-state index in [0.29, 0.717) is 19.3 Å². The number of rotatable bonds is 61. The van der Waals surface area contributed by atoms with Crippen molar-refractivity contribution in [2.45, 2.75) is 361 Å². The van der Waals surface area contributed by atoms with Crippen molar-refractivity contribution < 1.29 is 28.6 Å². The Labute approximate surface area is 467 Å². The third-order valence-corrected chi connectivity index (χ3v) is 14.8. The number of carbonyl (C=O) groups excluding carboxylic acids is 3. The molecule has 0 saturated heterocycles. The molecule has 0 fully saturated rings. The number of ether oxygens (including phenoxy) is 3. The van der Waals surface area contributed by atoms with Gasteiger partial charge in [-0.15, -0.1) is 0 Å². The van der Waals surface area contributed by atoms with E-state index >= 15 is 0 Å². The van der Waals surface area contributed by atoms with Gasteiger partial charge in [0.1, 0.15) is 13.2 Å². The van der Waals surface area contributed by atoms with E-state index in [1.807, 2.05) is 0 Å². The molecule has 6 nitrogen and oxygen atoms in total. The Morgan fingerprint density at radius 1 is 0.267 bits per heavy atom. The summed E-state index contributed by atoms with van der Waals surface area (Å²) in [6.07, 6.45) is 80.1. The minimum atomic E-state index is -0.773. The van der Waals surface area contributed by atoms with Gasteiger partial charge in [-0.2, -0.15) is 0 Å². The Morgan fingerprint density at radius 2 is 0.480 bits per heavy atom. The Balaban J connectivity index is 4.03. The SMILES string of the molecule is CCCCCCC/C=C\C/C=C\C/C=C\CCCCCCCCCCCCCCCCCCCCC(=O)OCC(COC(=O)CCCCCCCCCCC)OC(=O)CCCCCCC/C=C\CCCCCCCC. The van der Waals surface area contributed by atoms with E-state index in [0.717, 1.165) is 77.0 Å². The first-order valence-electron chi connectivity index (χ1n) is 33.1. The number of allylic oxidation sites excluding steroid dienone is 8. The zero-order valence-corrected chi connectivity index (χ0v) is 50.3. The zero-order valence-electron chi connectivity index (χ0n) is 50.3. The van der Waals surface area contributed by atoms with Crippen molar-refractivity contribution in [2.75, 3.05) is 13.2 Å². The van der Waals surface area contributed by atoms with Crippen molar-refractivity contribution >= 4 is 17.9 Å². The lowest BCUT2D eigenvalue weighted by Crippen LogP contribution is -2.30. The molecule has 0 spiro atoms. The highest BCUT2D eigenvalue weighted by atomic mass is 16.6. The van der Waals surface area contributed by atoms with Crippen LogP contribution in [0.4, 0.5) is 0 Å². The van der Waals surface area contributed by atoms with Gasteiger partial charge in [-0.1, -0.05) is 301 Å². The Bertz CT molecular complexity index is 1300. The number of unbranched alkanes of at least 4 members (excludes halogenated alkanes) is 42. The van der Waals surface area contributed by atoms with Crippen LogP contribution in [0.3, 0.4) is 0 Å². The molecule has 0 N–H and O–H groups in total. The molecule has 0 amide bonds. The Kier molecular flexibility index (Phi) is 61.7. The molecular weight excluding hydrogens is 925 g/mol. The van der Waals surface area contributed by atoms with Gasteiger partial charge in [0.05, 0.1) is 0 Å². The second kappa shape index (κ2) is 63.9. The smallest absolute Gasteiger partial charge is 0.306 e. The molecule has 0 bridgehead atoms. The van der Waals surface area contributed by atoms with Crippen molar-refractivity contribution in [2.24, 2.45) is 0 Å². The molecule has 0 aromatic heterocycles. The van der Waals surface area contributed by atoms with Gasteiger partial charge in [0, 0.05) is 19.3 Å². The van der Waals surface area contributed by atoms with Crippen molar-refractivity contribution in [3.63, 3.8) is 0 Å². The molecular formula is C69H126O6. The summed E-state index contributed by atoms with van der Waals surface area (Å²) in [5, 5.41) is 0. The first kappa shape index (κ1) is 72.4. The van der Waals surface area contributed by atoms with Crippen LogP contribution in [0.15, 0.2) is 48.6 Å². The molecule has 1 atom stereocenters. The lowest BCUT2D eigenvalue weighted by molar-refractivity contribution is -0.167.